The van der Waals surface area contributed by atoms with Gasteiger partial charge in [-0.15, -0.1) is 0 Å². The van der Waals surface area contributed by atoms with Gasteiger partial charge in [0.25, 0.3) is 5.91 Å². The van der Waals surface area contributed by atoms with E-state index in [1.807, 2.05) is 0 Å². The minimum atomic E-state index is -0.238. The molecule has 2 N–H and O–H groups in total. The third-order valence-corrected chi connectivity index (χ3v) is 4.63. The van der Waals surface area contributed by atoms with Gasteiger partial charge >= 0.3 is 6.03 Å². The fourth-order valence-corrected chi connectivity index (χ4v) is 2.94. The molecule has 0 bridgehead atoms. The molecule has 1 aliphatic heterocycles. The number of anilines is 1. The molecule has 1 aliphatic rings. The number of aromatic nitrogens is 2. The molecule has 0 unspecified atom stereocenters. The summed E-state index contributed by atoms with van der Waals surface area (Å²) in [6.07, 6.45) is 0.615. The molecule has 0 radical (unpaired) electrons. The first-order valence-corrected chi connectivity index (χ1v) is 8.57. The number of nitrogens with one attached hydrogen (secondary N) is 2. The Morgan fingerprint density at radius 2 is 2.08 bits per heavy atom. The molecule has 0 saturated heterocycles. The molecule has 3 amide bonds. The van der Waals surface area contributed by atoms with Gasteiger partial charge in [-0.05, 0) is 18.2 Å². The Morgan fingerprint density at radius 1 is 1.31 bits per heavy atom. The average Bonchev–Trinajstić information content (AvgIpc) is 3.03. The molecular weight excluding hydrogens is 356 g/mol. The summed E-state index contributed by atoms with van der Waals surface area (Å²) in [7, 11) is 5.24. The third-order valence-electron chi connectivity index (χ3n) is 4.39. The van der Waals surface area contributed by atoms with Crippen LogP contribution in [0.15, 0.2) is 24.3 Å². The van der Waals surface area contributed by atoms with Crippen LogP contribution in [0.4, 0.5) is 10.5 Å². The van der Waals surface area contributed by atoms with Crippen molar-refractivity contribution in [1.82, 2.24) is 25.1 Å². The number of benzene rings is 1. The summed E-state index contributed by atoms with van der Waals surface area (Å²) in [6, 6.07) is 6.75. The Bertz CT molecular complexity index is 834. The molecule has 9 heteroatoms. The van der Waals surface area contributed by atoms with Crippen LogP contribution in [-0.4, -0.2) is 64.7 Å². The Kier molecular flexibility index (Phi) is 5.15. The number of amides is 3. The van der Waals surface area contributed by atoms with Gasteiger partial charge in [-0.1, -0.05) is 17.7 Å². The number of hydrazine groups is 1. The topological polar surface area (TPSA) is 84.6 Å². The number of aromatic amines is 1. The lowest BCUT2D eigenvalue weighted by atomic mass is 10.1. The lowest BCUT2D eigenvalue weighted by molar-refractivity contribution is 0.0333. The number of carbonyl (C=O) groups is 2. The normalized spacial score (nSPS) is 13.5. The summed E-state index contributed by atoms with van der Waals surface area (Å²) in [5, 5.41) is 13.6. The van der Waals surface area contributed by atoms with Gasteiger partial charge in [-0.25, -0.2) is 9.80 Å². The standard InChI is InChI=1S/C17H21ClN6O2/c1-22(2)23(3)16(25)15-13-10-24(8-7-14(13)20-21-15)17(26)19-12-6-4-5-11(18)9-12/h4-6,9H,7-8,10H2,1-3H3,(H,19,26)(H,20,21). The van der Waals surface area contributed by atoms with Crippen LogP contribution in [0.5, 0.6) is 0 Å². The van der Waals surface area contributed by atoms with Gasteiger partial charge in [0.15, 0.2) is 5.69 Å². The average molecular weight is 377 g/mol. The van der Waals surface area contributed by atoms with Crippen molar-refractivity contribution in [2.75, 3.05) is 33.0 Å². The Morgan fingerprint density at radius 3 is 2.77 bits per heavy atom. The predicted octanol–water partition coefficient (Wildman–Crippen LogP) is 2.20. The second kappa shape index (κ2) is 7.35. The van der Waals surface area contributed by atoms with E-state index < -0.39 is 0 Å². The highest BCUT2D eigenvalue weighted by Crippen LogP contribution is 2.23. The van der Waals surface area contributed by atoms with Crippen LogP contribution in [0.25, 0.3) is 0 Å². The van der Waals surface area contributed by atoms with Crippen molar-refractivity contribution in [3.63, 3.8) is 0 Å². The summed E-state index contributed by atoms with van der Waals surface area (Å²) in [5.41, 5.74) is 2.63. The molecule has 0 spiro atoms. The van der Waals surface area contributed by atoms with Gasteiger partial charge in [0, 0.05) is 56.1 Å². The highest BCUT2D eigenvalue weighted by Gasteiger charge is 2.29. The highest BCUT2D eigenvalue weighted by atomic mass is 35.5. The Balaban J connectivity index is 1.75. The van der Waals surface area contributed by atoms with E-state index in [0.29, 0.717) is 35.9 Å². The van der Waals surface area contributed by atoms with Crippen LogP contribution in [0.2, 0.25) is 5.02 Å². The predicted molar refractivity (Wildman–Crippen MR) is 99.0 cm³/mol. The highest BCUT2D eigenvalue weighted by molar-refractivity contribution is 6.30. The van der Waals surface area contributed by atoms with Gasteiger partial charge in [0.05, 0.1) is 6.54 Å². The first-order chi connectivity index (χ1) is 12.4. The zero-order valence-electron chi connectivity index (χ0n) is 14.9. The maximum Gasteiger partial charge on any atom is 0.322 e. The van der Waals surface area contributed by atoms with Gasteiger partial charge in [-0.3, -0.25) is 14.9 Å². The molecular formula is C17H21ClN6O2. The molecule has 138 valence electrons. The maximum absolute atomic E-state index is 12.6. The van der Waals surface area contributed by atoms with Crippen LogP contribution >= 0.6 is 11.6 Å². The van der Waals surface area contributed by atoms with Crippen molar-refractivity contribution in [2.24, 2.45) is 0 Å². The number of rotatable bonds is 3. The second-order valence-corrected chi connectivity index (χ2v) is 6.75. The molecule has 2 heterocycles. The summed E-state index contributed by atoms with van der Waals surface area (Å²) in [4.78, 5) is 26.8. The molecule has 2 aromatic rings. The van der Waals surface area contributed by atoms with Crippen molar-refractivity contribution >= 4 is 29.2 Å². The van der Waals surface area contributed by atoms with Gasteiger partial charge < -0.3 is 10.2 Å². The SMILES string of the molecule is CN(C)N(C)C(=O)c1n[nH]c2c1CN(C(=O)Nc1cccc(Cl)c1)CC2. The second-order valence-electron chi connectivity index (χ2n) is 6.32. The van der Waals surface area contributed by atoms with Crippen LogP contribution in [-0.2, 0) is 13.0 Å². The molecule has 3 rings (SSSR count). The van der Waals surface area contributed by atoms with E-state index in [9.17, 15) is 9.59 Å². The van der Waals surface area contributed by atoms with E-state index in [4.69, 9.17) is 11.6 Å². The molecule has 0 aliphatic carbocycles. The van der Waals surface area contributed by atoms with E-state index >= 15 is 0 Å². The first kappa shape index (κ1) is 18.2. The van der Waals surface area contributed by atoms with E-state index in [1.165, 1.54) is 5.01 Å². The van der Waals surface area contributed by atoms with Crippen LogP contribution in [0.1, 0.15) is 21.7 Å². The summed E-state index contributed by atoms with van der Waals surface area (Å²) >= 11 is 5.95. The number of hydrogen-bond donors (Lipinski definition) is 2. The molecule has 8 nitrogen and oxygen atoms in total. The van der Waals surface area contributed by atoms with Crippen molar-refractivity contribution < 1.29 is 9.59 Å². The third kappa shape index (κ3) is 3.66. The molecule has 0 saturated carbocycles. The summed E-state index contributed by atoms with van der Waals surface area (Å²) in [5.74, 6) is -0.218. The fourth-order valence-electron chi connectivity index (χ4n) is 2.75. The smallest absolute Gasteiger partial charge is 0.320 e. The van der Waals surface area contributed by atoms with Crippen LogP contribution in [0.3, 0.4) is 0 Å². The number of carbonyl (C=O) groups excluding carboxylic acids is 2. The van der Waals surface area contributed by atoms with Crippen molar-refractivity contribution in [3.05, 3.63) is 46.2 Å². The molecule has 1 aromatic carbocycles. The number of hydrogen-bond acceptors (Lipinski definition) is 4. The monoisotopic (exact) mass is 376 g/mol. The van der Waals surface area contributed by atoms with Gasteiger partial charge in [-0.2, -0.15) is 5.10 Å². The molecule has 1 aromatic heterocycles. The maximum atomic E-state index is 12.6. The Hall–Kier alpha value is -2.58. The number of urea groups is 1. The number of halogens is 1. The minimum absolute atomic E-state index is 0.218. The van der Waals surface area contributed by atoms with Crippen LogP contribution < -0.4 is 5.32 Å². The van der Waals surface area contributed by atoms with E-state index in [-0.39, 0.29) is 11.9 Å². The van der Waals surface area contributed by atoms with E-state index in [2.05, 4.69) is 15.5 Å². The summed E-state index contributed by atoms with van der Waals surface area (Å²) < 4.78 is 0. The van der Waals surface area contributed by atoms with Crippen molar-refractivity contribution in [3.8, 4) is 0 Å². The molecule has 26 heavy (non-hydrogen) atoms. The number of fused-ring (bicyclic) bond motifs is 1. The van der Waals surface area contributed by atoms with Crippen molar-refractivity contribution in [1.29, 1.82) is 0 Å². The first-order valence-electron chi connectivity index (χ1n) is 8.19. The van der Waals surface area contributed by atoms with Crippen molar-refractivity contribution in [2.45, 2.75) is 13.0 Å². The van der Waals surface area contributed by atoms with Gasteiger partial charge in [0.1, 0.15) is 0 Å². The van der Waals surface area contributed by atoms with Crippen LogP contribution in [0, 0.1) is 0 Å². The lowest BCUT2D eigenvalue weighted by Crippen LogP contribution is -2.41. The number of H-pyrrole nitrogens is 1. The quantitative estimate of drug-likeness (QED) is 0.804. The minimum Gasteiger partial charge on any atom is -0.320 e. The largest absolute Gasteiger partial charge is 0.322 e. The molecule has 0 atom stereocenters. The zero-order chi connectivity index (χ0) is 18.8. The lowest BCUT2D eigenvalue weighted by Gasteiger charge is -2.28. The molecule has 0 fully saturated rings. The summed E-state index contributed by atoms with van der Waals surface area (Å²) in [6.45, 7) is 0.860. The number of nitrogens with zero attached hydrogens (tertiary/aromatic N) is 4. The van der Waals surface area contributed by atoms with E-state index in [1.54, 1.807) is 55.3 Å². The van der Waals surface area contributed by atoms with E-state index in [0.717, 1.165) is 11.3 Å². The van der Waals surface area contributed by atoms with Gasteiger partial charge in [0.2, 0.25) is 0 Å². The Labute approximate surface area is 156 Å². The zero-order valence-corrected chi connectivity index (χ0v) is 15.7. The fraction of sp³-hybridized carbons (Fsp3) is 0.353.